The molecule has 4 atom stereocenters. The second-order valence-corrected chi connectivity index (χ2v) is 9.34. The van der Waals surface area contributed by atoms with Crippen LogP contribution in [-0.4, -0.2) is 6.10 Å². The number of fused-ring (bicyclic) bond motifs is 2. The van der Waals surface area contributed by atoms with Crippen LogP contribution in [0, 0.1) is 35.5 Å². The first-order valence-corrected chi connectivity index (χ1v) is 11.1. The maximum absolute atomic E-state index is 5.18. The predicted molar refractivity (Wildman–Crippen MR) is 100 cm³/mol. The van der Waals surface area contributed by atoms with Gasteiger partial charge in [0.25, 0.3) is 0 Å². The molecule has 0 radical (unpaired) electrons. The Hall–Kier alpha value is -0.380. The predicted octanol–water partition coefficient (Wildman–Crippen LogP) is 5.56. The minimum absolute atomic E-state index is 0.224. The van der Waals surface area contributed by atoms with Gasteiger partial charge >= 0.3 is 0 Å². The average Bonchev–Trinajstić information content (AvgIpc) is 2.81. The van der Waals surface area contributed by atoms with Gasteiger partial charge in [-0.1, -0.05) is 37.8 Å². The quantitative estimate of drug-likeness (QED) is 0.411. The molecule has 0 aromatic carbocycles. The molecule has 25 heavy (non-hydrogen) atoms. The zero-order valence-electron chi connectivity index (χ0n) is 15.8. The van der Waals surface area contributed by atoms with Crippen molar-refractivity contribution in [2.45, 2.75) is 89.6 Å². The molecule has 0 aliphatic heterocycles. The second kappa shape index (κ2) is 8.54. The van der Waals surface area contributed by atoms with Crippen LogP contribution in [0.5, 0.6) is 0 Å². The summed E-state index contributed by atoms with van der Waals surface area (Å²) in [6.45, 7) is 0. The summed E-state index contributed by atoms with van der Waals surface area (Å²) in [7, 11) is 0. The minimum atomic E-state index is 0.224. The smallest absolute Gasteiger partial charge is 0.0950 e. The van der Waals surface area contributed by atoms with E-state index in [0.29, 0.717) is 0 Å². The van der Waals surface area contributed by atoms with E-state index in [1.165, 1.54) is 70.6 Å². The van der Waals surface area contributed by atoms with Gasteiger partial charge in [-0.05, 0) is 93.3 Å². The van der Waals surface area contributed by atoms with Crippen LogP contribution in [0.1, 0.15) is 83.5 Å². The van der Waals surface area contributed by atoms with Crippen LogP contribution in [0.4, 0.5) is 0 Å². The molecule has 0 aromatic rings. The van der Waals surface area contributed by atoms with Crippen molar-refractivity contribution >= 4 is 0 Å². The largest absolute Gasteiger partial charge is 0.215 e. The summed E-state index contributed by atoms with van der Waals surface area (Å²) in [6, 6.07) is 0. The van der Waals surface area contributed by atoms with Gasteiger partial charge in [0.15, 0.2) is 0 Å². The van der Waals surface area contributed by atoms with Crippen molar-refractivity contribution in [1.29, 1.82) is 0 Å². The van der Waals surface area contributed by atoms with E-state index < -0.39 is 0 Å². The van der Waals surface area contributed by atoms with Gasteiger partial charge in [0.2, 0.25) is 0 Å². The molecule has 3 saturated carbocycles. The van der Waals surface area contributed by atoms with E-state index in [-0.39, 0.29) is 6.10 Å². The molecule has 4 unspecified atom stereocenters. The molecule has 0 spiro atoms. The van der Waals surface area contributed by atoms with Gasteiger partial charge in [-0.2, -0.15) is 5.90 Å². The second-order valence-electron chi connectivity index (χ2n) is 9.34. The molecular weight excluding hydrogens is 310 g/mol. The van der Waals surface area contributed by atoms with Gasteiger partial charge in [0.1, 0.15) is 0 Å². The van der Waals surface area contributed by atoms with Crippen LogP contribution in [0.3, 0.4) is 0 Å². The van der Waals surface area contributed by atoms with Gasteiger partial charge in [-0.25, -0.2) is 4.89 Å². The third-order valence-corrected chi connectivity index (χ3v) is 8.05. The topological polar surface area (TPSA) is 44.5 Å². The normalized spacial score (nSPS) is 44.6. The van der Waals surface area contributed by atoms with Crippen LogP contribution in [0.25, 0.3) is 0 Å². The lowest BCUT2D eigenvalue weighted by Crippen LogP contribution is -2.35. The zero-order valence-corrected chi connectivity index (χ0v) is 15.8. The molecule has 4 aliphatic rings. The number of allylic oxidation sites excluding steroid dienone is 2. The molecule has 4 rings (SSSR count). The van der Waals surface area contributed by atoms with E-state index in [2.05, 4.69) is 17.1 Å². The van der Waals surface area contributed by atoms with Crippen molar-refractivity contribution in [3.05, 3.63) is 12.2 Å². The summed E-state index contributed by atoms with van der Waals surface area (Å²) in [5, 5.41) is 0. The molecule has 4 aliphatic carbocycles. The summed E-state index contributed by atoms with van der Waals surface area (Å²) in [6.07, 6.45) is 23.6. The number of rotatable bonds is 4. The fourth-order valence-electron chi connectivity index (χ4n) is 6.80. The molecule has 3 fully saturated rings. The summed E-state index contributed by atoms with van der Waals surface area (Å²) in [4.78, 5) is 9.60. The highest BCUT2D eigenvalue weighted by Crippen LogP contribution is 2.51. The first kappa shape index (κ1) is 18.0. The van der Waals surface area contributed by atoms with Gasteiger partial charge in [-0.3, -0.25) is 0 Å². The Labute approximate surface area is 153 Å². The van der Waals surface area contributed by atoms with Gasteiger partial charge in [0, 0.05) is 0 Å². The van der Waals surface area contributed by atoms with Gasteiger partial charge in [-0.15, -0.1) is 4.99 Å². The fraction of sp³-hybridized carbons (Fsp3) is 0.909. The fourth-order valence-corrected chi connectivity index (χ4v) is 6.80. The highest BCUT2D eigenvalue weighted by Gasteiger charge is 2.42. The summed E-state index contributed by atoms with van der Waals surface area (Å²) >= 11 is 0. The third-order valence-electron chi connectivity index (χ3n) is 8.05. The SMILES string of the molecule is NOOC1CCC(CC2C3CCCCC3C=CC3CCCCC32)CC1. The molecular formula is C22H37NO2. The van der Waals surface area contributed by atoms with E-state index in [9.17, 15) is 0 Å². The molecule has 2 N–H and O–H groups in total. The van der Waals surface area contributed by atoms with Crippen molar-refractivity contribution in [2.75, 3.05) is 0 Å². The van der Waals surface area contributed by atoms with Gasteiger partial charge < -0.3 is 0 Å². The van der Waals surface area contributed by atoms with E-state index in [1.54, 1.807) is 0 Å². The molecule has 0 aromatic heterocycles. The number of hydrogen-bond acceptors (Lipinski definition) is 3. The summed E-state index contributed by atoms with van der Waals surface area (Å²) in [5.41, 5.74) is 0. The van der Waals surface area contributed by atoms with Crippen LogP contribution >= 0.6 is 0 Å². The van der Waals surface area contributed by atoms with Crippen molar-refractivity contribution in [3.63, 3.8) is 0 Å². The monoisotopic (exact) mass is 347 g/mol. The first-order chi connectivity index (χ1) is 12.3. The first-order valence-electron chi connectivity index (χ1n) is 11.1. The van der Waals surface area contributed by atoms with Crippen LogP contribution in [0.2, 0.25) is 0 Å². The van der Waals surface area contributed by atoms with Crippen molar-refractivity contribution in [1.82, 2.24) is 0 Å². The van der Waals surface area contributed by atoms with E-state index in [4.69, 9.17) is 10.8 Å². The van der Waals surface area contributed by atoms with Crippen LogP contribution < -0.4 is 5.90 Å². The Kier molecular flexibility index (Phi) is 6.15. The van der Waals surface area contributed by atoms with Crippen molar-refractivity contribution in [2.24, 2.45) is 41.4 Å². The average molecular weight is 348 g/mol. The van der Waals surface area contributed by atoms with Crippen molar-refractivity contribution in [3.8, 4) is 0 Å². The Morgan fingerprint density at radius 1 is 0.720 bits per heavy atom. The molecule has 3 heteroatoms. The highest BCUT2D eigenvalue weighted by atomic mass is 17.3. The number of nitrogens with two attached hydrogens (primary N) is 1. The van der Waals surface area contributed by atoms with Gasteiger partial charge in [0.05, 0.1) is 6.10 Å². The van der Waals surface area contributed by atoms with Crippen molar-refractivity contribution < 1.29 is 9.88 Å². The van der Waals surface area contributed by atoms with Crippen LogP contribution in [-0.2, 0) is 9.88 Å². The zero-order chi connectivity index (χ0) is 17.1. The molecule has 0 saturated heterocycles. The third kappa shape index (κ3) is 4.14. The Morgan fingerprint density at radius 2 is 1.28 bits per heavy atom. The molecule has 142 valence electrons. The molecule has 0 bridgehead atoms. The standard InChI is InChI=1S/C22H37NO2/c23-25-24-19-13-9-16(10-14-19)15-22-20-7-3-1-5-17(20)11-12-18-6-2-4-8-21(18)22/h11-12,16-22H,1-10,13-15,23H2. The summed E-state index contributed by atoms with van der Waals surface area (Å²) < 4.78 is 0. The lowest BCUT2D eigenvalue weighted by Gasteiger charge is -2.43. The maximum Gasteiger partial charge on any atom is 0.0950 e. The minimum Gasteiger partial charge on any atom is -0.215 e. The molecule has 3 nitrogen and oxygen atoms in total. The lowest BCUT2D eigenvalue weighted by atomic mass is 9.62. The Balaban J connectivity index is 1.45. The molecule has 0 amide bonds. The maximum atomic E-state index is 5.18. The van der Waals surface area contributed by atoms with E-state index >= 15 is 0 Å². The molecule has 0 heterocycles. The van der Waals surface area contributed by atoms with Crippen LogP contribution in [0.15, 0.2) is 12.2 Å². The Bertz CT molecular complexity index is 417. The highest BCUT2D eigenvalue weighted by molar-refractivity contribution is 5.06. The lowest BCUT2D eigenvalue weighted by molar-refractivity contribution is -0.334. The number of hydrogen-bond donors (Lipinski definition) is 1. The van der Waals surface area contributed by atoms with E-state index in [1.807, 2.05) is 0 Å². The summed E-state index contributed by atoms with van der Waals surface area (Å²) in [5.74, 6) is 10.7. The Morgan fingerprint density at radius 3 is 1.84 bits per heavy atom. The van der Waals surface area contributed by atoms with E-state index in [0.717, 1.165) is 48.3 Å².